The highest BCUT2D eigenvalue weighted by atomic mass is 32.2. The van der Waals surface area contributed by atoms with Crippen LogP contribution in [0.4, 0.5) is 5.69 Å². The topological polar surface area (TPSA) is 74.1 Å². The Bertz CT molecular complexity index is 1120. The molecule has 32 heavy (non-hydrogen) atoms. The molecule has 8 heteroatoms. The first kappa shape index (κ1) is 23.8. The Morgan fingerprint density at radius 1 is 1.09 bits per heavy atom. The number of hydrogen-bond donors (Lipinski definition) is 1. The van der Waals surface area contributed by atoms with E-state index in [0.29, 0.717) is 23.6 Å². The lowest BCUT2D eigenvalue weighted by Crippen LogP contribution is -2.12. The Balaban J connectivity index is 2.16. The number of hydrogen-bond acceptors (Lipinski definition) is 6. The molecule has 1 aromatic carbocycles. The van der Waals surface area contributed by atoms with Crippen molar-refractivity contribution in [2.75, 3.05) is 26.6 Å². The highest BCUT2D eigenvalue weighted by Gasteiger charge is 2.20. The molecule has 0 spiro atoms. The van der Waals surface area contributed by atoms with Gasteiger partial charge in [-0.3, -0.25) is 9.20 Å². The third-order valence-corrected chi connectivity index (χ3v) is 5.88. The van der Waals surface area contributed by atoms with E-state index in [4.69, 9.17) is 14.2 Å². The van der Waals surface area contributed by atoms with Gasteiger partial charge in [0.1, 0.15) is 11.4 Å². The molecule has 0 aliphatic heterocycles. The summed E-state index contributed by atoms with van der Waals surface area (Å²) in [5.74, 6) is 1.73. The summed E-state index contributed by atoms with van der Waals surface area (Å²) in [6.45, 7) is 8.45. The number of methoxy groups -OCH3 is 3. The van der Waals surface area contributed by atoms with E-state index < -0.39 is 0 Å². The number of thioether (sulfide) groups is 1. The highest BCUT2D eigenvalue weighted by Crippen LogP contribution is 2.42. The van der Waals surface area contributed by atoms with E-state index in [2.05, 4.69) is 31.1 Å². The van der Waals surface area contributed by atoms with Crippen LogP contribution in [0, 0.1) is 0 Å². The standard InChI is InChI=1S/C24H31N3O4S/c1-8-9-22(28)26-16-10-15(11-19(30-6)23(16)31-7)17-13-25-21-12-18(29-5)20(14-27(17)21)32-24(2,3)4/h10-14H,8-9H2,1-7H3,(H,26,28). The molecule has 0 saturated carbocycles. The summed E-state index contributed by atoms with van der Waals surface area (Å²) in [6.07, 6.45) is 5.03. The maximum Gasteiger partial charge on any atom is 0.224 e. The molecule has 172 valence electrons. The van der Waals surface area contributed by atoms with E-state index in [1.807, 2.05) is 35.7 Å². The quantitative estimate of drug-likeness (QED) is 0.440. The third-order valence-electron chi connectivity index (χ3n) is 4.74. The van der Waals surface area contributed by atoms with Crippen LogP contribution in [0.2, 0.25) is 0 Å². The summed E-state index contributed by atoms with van der Waals surface area (Å²) in [5, 5.41) is 2.95. The Morgan fingerprint density at radius 3 is 2.41 bits per heavy atom. The van der Waals surface area contributed by atoms with Crippen molar-refractivity contribution in [2.45, 2.75) is 50.2 Å². The largest absolute Gasteiger partial charge is 0.495 e. The number of carbonyl (C=O) groups excluding carboxylic acids is 1. The zero-order chi connectivity index (χ0) is 23.5. The molecule has 0 aliphatic rings. The number of nitrogens with one attached hydrogen (secondary N) is 1. The summed E-state index contributed by atoms with van der Waals surface area (Å²) < 4.78 is 18.7. The van der Waals surface area contributed by atoms with E-state index in [1.165, 1.54) is 0 Å². The van der Waals surface area contributed by atoms with Gasteiger partial charge in [-0.25, -0.2) is 4.98 Å². The van der Waals surface area contributed by atoms with Gasteiger partial charge < -0.3 is 19.5 Å². The number of rotatable bonds is 8. The smallest absolute Gasteiger partial charge is 0.224 e. The molecule has 0 bridgehead atoms. The fourth-order valence-corrected chi connectivity index (χ4v) is 4.47. The van der Waals surface area contributed by atoms with Gasteiger partial charge in [-0.2, -0.15) is 0 Å². The number of fused-ring (bicyclic) bond motifs is 1. The van der Waals surface area contributed by atoms with E-state index in [0.717, 1.165) is 34.0 Å². The van der Waals surface area contributed by atoms with E-state index in [-0.39, 0.29) is 10.7 Å². The van der Waals surface area contributed by atoms with Crippen molar-refractivity contribution in [3.63, 3.8) is 0 Å². The first-order chi connectivity index (χ1) is 15.2. The average Bonchev–Trinajstić information content (AvgIpc) is 3.14. The van der Waals surface area contributed by atoms with Crippen molar-refractivity contribution in [3.8, 4) is 28.5 Å². The number of pyridine rings is 1. The van der Waals surface area contributed by atoms with Gasteiger partial charge in [0.2, 0.25) is 5.91 Å². The molecule has 3 aromatic rings. The molecule has 1 N–H and O–H groups in total. The summed E-state index contributed by atoms with van der Waals surface area (Å²) in [6, 6.07) is 5.71. The number of imidazole rings is 1. The van der Waals surface area contributed by atoms with Crippen LogP contribution in [0.25, 0.3) is 16.9 Å². The fraction of sp³-hybridized carbons (Fsp3) is 0.417. The van der Waals surface area contributed by atoms with Crippen LogP contribution in [0.3, 0.4) is 0 Å². The van der Waals surface area contributed by atoms with Gasteiger partial charge >= 0.3 is 0 Å². The lowest BCUT2D eigenvalue weighted by Gasteiger charge is -2.20. The molecule has 1 amide bonds. The highest BCUT2D eigenvalue weighted by molar-refractivity contribution is 8.00. The number of carbonyl (C=O) groups is 1. The van der Waals surface area contributed by atoms with Gasteiger partial charge in [-0.05, 0) is 18.6 Å². The van der Waals surface area contributed by atoms with Gasteiger partial charge in [-0.15, -0.1) is 11.8 Å². The minimum atomic E-state index is -0.0725. The van der Waals surface area contributed by atoms with Crippen LogP contribution in [0.1, 0.15) is 40.5 Å². The maximum atomic E-state index is 12.3. The summed E-state index contributed by atoms with van der Waals surface area (Å²) in [5.41, 5.74) is 3.04. The van der Waals surface area contributed by atoms with Gasteiger partial charge in [0.25, 0.3) is 0 Å². The maximum absolute atomic E-state index is 12.3. The Morgan fingerprint density at radius 2 is 1.81 bits per heavy atom. The first-order valence-electron chi connectivity index (χ1n) is 10.5. The van der Waals surface area contributed by atoms with E-state index in [1.54, 1.807) is 39.3 Å². The van der Waals surface area contributed by atoms with Crippen LogP contribution in [0.15, 0.2) is 35.5 Å². The zero-order valence-corrected chi connectivity index (χ0v) is 20.6. The molecular formula is C24H31N3O4S. The minimum Gasteiger partial charge on any atom is -0.495 e. The number of ether oxygens (including phenoxy) is 3. The average molecular weight is 458 g/mol. The van der Waals surface area contributed by atoms with Crippen molar-refractivity contribution >= 4 is 29.0 Å². The second-order valence-corrected chi connectivity index (χ2v) is 10.2. The van der Waals surface area contributed by atoms with Gasteiger partial charge in [0, 0.05) is 29.0 Å². The number of aromatic nitrogens is 2. The molecule has 2 aromatic heterocycles. The normalized spacial score (nSPS) is 11.5. The number of anilines is 1. The van der Waals surface area contributed by atoms with Crippen LogP contribution >= 0.6 is 11.8 Å². The van der Waals surface area contributed by atoms with Crippen molar-refractivity contribution in [3.05, 3.63) is 30.6 Å². The monoisotopic (exact) mass is 457 g/mol. The molecule has 0 atom stereocenters. The second-order valence-electron chi connectivity index (χ2n) is 8.35. The van der Waals surface area contributed by atoms with Gasteiger partial charge in [-0.1, -0.05) is 27.7 Å². The number of nitrogens with zero attached hydrogens (tertiary/aromatic N) is 2. The molecule has 0 saturated heterocycles. The lowest BCUT2D eigenvalue weighted by molar-refractivity contribution is -0.116. The van der Waals surface area contributed by atoms with Crippen molar-refractivity contribution in [1.82, 2.24) is 9.38 Å². The lowest BCUT2D eigenvalue weighted by atomic mass is 10.1. The number of amides is 1. The van der Waals surface area contributed by atoms with Crippen LogP contribution in [0.5, 0.6) is 17.2 Å². The van der Waals surface area contributed by atoms with Crippen LogP contribution < -0.4 is 19.5 Å². The van der Waals surface area contributed by atoms with Crippen LogP contribution in [-0.4, -0.2) is 41.4 Å². The zero-order valence-electron chi connectivity index (χ0n) is 19.7. The molecule has 0 radical (unpaired) electrons. The third kappa shape index (κ3) is 5.12. The number of benzene rings is 1. The SMILES string of the molecule is CCCC(=O)Nc1cc(-c2cnc3cc(OC)c(SC(C)(C)C)cn23)cc(OC)c1OC. The summed E-state index contributed by atoms with van der Waals surface area (Å²) in [4.78, 5) is 17.9. The molecule has 0 aliphatic carbocycles. The Kier molecular flexibility index (Phi) is 7.23. The molecule has 3 rings (SSSR count). The first-order valence-corrected chi connectivity index (χ1v) is 11.3. The van der Waals surface area contributed by atoms with Crippen LogP contribution in [-0.2, 0) is 4.79 Å². The molecular weight excluding hydrogens is 426 g/mol. The predicted molar refractivity (Wildman–Crippen MR) is 129 cm³/mol. The molecule has 2 heterocycles. The Labute approximate surface area is 193 Å². The Hall–Kier alpha value is -2.87. The van der Waals surface area contributed by atoms with Gasteiger partial charge in [0.15, 0.2) is 11.5 Å². The van der Waals surface area contributed by atoms with Crippen molar-refractivity contribution < 1.29 is 19.0 Å². The summed E-state index contributed by atoms with van der Waals surface area (Å²) >= 11 is 1.73. The molecule has 0 unspecified atom stereocenters. The predicted octanol–water partition coefficient (Wildman–Crippen LogP) is 5.66. The van der Waals surface area contributed by atoms with Gasteiger partial charge in [0.05, 0.1) is 43.8 Å². The molecule has 0 fully saturated rings. The van der Waals surface area contributed by atoms with E-state index in [9.17, 15) is 4.79 Å². The fourth-order valence-electron chi connectivity index (χ4n) is 3.41. The molecule has 7 nitrogen and oxygen atoms in total. The minimum absolute atomic E-state index is 0.0156. The van der Waals surface area contributed by atoms with E-state index >= 15 is 0 Å². The summed E-state index contributed by atoms with van der Waals surface area (Å²) in [7, 11) is 4.81. The van der Waals surface area contributed by atoms with Crippen molar-refractivity contribution in [2.24, 2.45) is 0 Å². The van der Waals surface area contributed by atoms with Crippen molar-refractivity contribution in [1.29, 1.82) is 0 Å². The second kappa shape index (κ2) is 9.73.